The van der Waals surface area contributed by atoms with Crippen molar-refractivity contribution in [1.82, 2.24) is 10.1 Å². The molecule has 7 heteroatoms. The van der Waals surface area contributed by atoms with E-state index < -0.39 is 0 Å². The van der Waals surface area contributed by atoms with E-state index in [1.165, 1.54) is 0 Å². The van der Waals surface area contributed by atoms with Crippen LogP contribution in [0.1, 0.15) is 28.8 Å². The van der Waals surface area contributed by atoms with Crippen LogP contribution in [0, 0.1) is 0 Å². The number of anilines is 2. The summed E-state index contributed by atoms with van der Waals surface area (Å²) in [4.78, 5) is 29.0. The first kappa shape index (κ1) is 17.9. The molecule has 1 N–H and O–H groups in total. The number of fused-ring (bicyclic) bond motifs is 2. The van der Waals surface area contributed by atoms with Crippen molar-refractivity contribution in [3.63, 3.8) is 0 Å². The van der Waals surface area contributed by atoms with Crippen LogP contribution in [0.2, 0.25) is 0 Å². The average molecular weight is 390 g/mol. The highest BCUT2D eigenvalue weighted by Crippen LogP contribution is 2.33. The van der Waals surface area contributed by atoms with Gasteiger partial charge in [0.2, 0.25) is 5.91 Å². The summed E-state index contributed by atoms with van der Waals surface area (Å²) in [6.45, 7) is 5.40. The molecule has 0 bridgehead atoms. The lowest BCUT2D eigenvalue weighted by molar-refractivity contribution is -0.116. The number of nitrogens with zero attached hydrogens (tertiary/aromatic N) is 3. The maximum Gasteiger partial charge on any atom is 0.231 e. The molecule has 7 nitrogen and oxygen atoms in total. The fourth-order valence-corrected chi connectivity index (χ4v) is 4.10. The first-order chi connectivity index (χ1) is 14.1. The quantitative estimate of drug-likeness (QED) is 0.690. The van der Waals surface area contributed by atoms with Crippen LogP contribution in [0.3, 0.4) is 0 Å². The van der Waals surface area contributed by atoms with Crippen LogP contribution in [-0.2, 0) is 4.79 Å². The van der Waals surface area contributed by atoms with Crippen molar-refractivity contribution in [2.24, 2.45) is 0 Å². The second-order valence-corrected chi connectivity index (χ2v) is 7.70. The molecule has 148 valence electrons. The molecule has 29 heavy (non-hydrogen) atoms. The van der Waals surface area contributed by atoms with Gasteiger partial charge in [-0.2, -0.15) is 0 Å². The van der Waals surface area contributed by atoms with Crippen LogP contribution >= 0.6 is 0 Å². The zero-order chi connectivity index (χ0) is 20.0. The van der Waals surface area contributed by atoms with Gasteiger partial charge < -0.3 is 14.7 Å². The molecule has 2 aromatic carbocycles. The number of hydrogen-bond acceptors (Lipinski definition) is 6. The maximum atomic E-state index is 12.8. The van der Waals surface area contributed by atoms with Crippen molar-refractivity contribution in [2.45, 2.75) is 12.8 Å². The standard InChI is InChI=1S/C22H22N4O3/c1-14-17-12-15(6-7-18(17)23-22(14)28)19(27)13-25-8-10-26(11-9-25)21-16-4-2-3-5-20(16)29-24-21/h2-7,12,14H,8-11,13H2,1H3,(H,23,28). The lowest BCUT2D eigenvalue weighted by Crippen LogP contribution is -2.48. The second kappa shape index (κ2) is 7.00. The van der Waals surface area contributed by atoms with E-state index in [0.717, 1.165) is 54.2 Å². The summed E-state index contributed by atoms with van der Waals surface area (Å²) in [5, 5.41) is 8.10. The van der Waals surface area contributed by atoms with Gasteiger partial charge in [0.15, 0.2) is 17.2 Å². The highest BCUT2D eigenvalue weighted by atomic mass is 16.5. The van der Waals surface area contributed by atoms with E-state index >= 15 is 0 Å². The summed E-state index contributed by atoms with van der Waals surface area (Å²) in [6.07, 6.45) is 0. The van der Waals surface area contributed by atoms with E-state index in [9.17, 15) is 9.59 Å². The topological polar surface area (TPSA) is 78.7 Å². The Hall–Kier alpha value is -3.19. The maximum absolute atomic E-state index is 12.8. The SMILES string of the molecule is CC1C(=O)Nc2ccc(C(=O)CN3CCN(c4noc5ccccc45)CC3)cc21. The lowest BCUT2D eigenvalue weighted by Gasteiger charge is -2.34. The molecule has 0 spiro atoms. The van der Waals surface area contributed by atoms with Gasteiger partial charge in [-0.3, -0.25) is 14.5 Å². The third-order valence-electron chi connectivity index (χ3n) is 5.89. The summed E-state index contributed by atoms with van der Waals surface area (Å²) < 4.78 is 5.42. The monoisotopic (exact) mass is 390 g/mol. The van der Waals surface area contributed by atoms with Crippen LogP contribution in [0.15, 0.2) is 47.0 Å². The van der Waals surface area contributed by atoms with Gasteiger partial charge in [-0.1, -0.05) is 17.3 Å². The number of aromatic nitrogens is 1. The van der Waals surface area contributed by atoms with Crippen LogP contribution in [-0.4, -0.2) is 54.5 Å². The Morgan fingerprint density at radius 2 is 1.97 bits per heavy atom. The number of amides is 1. The van der Waals surface area contributed by atoms with Gasteiger partial charge in [-0.05, 0) is 42.8 Å². The largest absolute Gasteiger partial charge is 0.354 e. The van der Waals surface area contributed by atoms with Crippen molar-refractivity contribution in [3.8, 4) is 0 Å². The minimum absolute atomic E-state index is 0.0129. The molecule has 2 aliphatic rings. The summed E-state index contributed by atoms with van der Waals surface area (Å²) in [5.41, 5.74) is 3.17. The normalized spacial score (nSPS) is 19.4. The Kier molecular flexibility index (Phi) is 4.32. The number of piperazine rings is 1. The van der Waals surface area contributed by atoms with E-state index in [1.807, 2.05) is 43.3 Å². The van der Waals surface area contributed by atoms with E-state index in [1.54, 1.807) is 6.07 Å². The van der Waals surface area contributed by atoms with Gasteiger partial charge in [-0.25, -0.2) is 0 Å². The number of benzene rings is 2. The number of Topliss-reactive ketones (excluding diaryl/α,β-unsaturated/α-hetero) is 1. The number of ketones is 1. The molecule has 0 saturated carbocycles. The third kappa shape index (κ3) is 3.17. The molecule has 3 aromatic rings. The van der Waals surface area contributed by atoms with Crippen molar-refractivity contribution in [2.75, 3.05) is 42.9 Å². The molecule has 1 aromatic heterocycles. The van der Waals surface area contributed by atoms with E-state index in [2.05, 4.69) is 20.3 Å². The van der Waals surface area contributed by atoms with Gasteiger partial charge in [0.1, 0.15) is 0 Å². The minimum atomic E-state index is -0.210. The van der Waals surface area contributed by atoms with Crippen LogP contribution in [0.5, 0.6) is 0 Å². The Morgan fingerprint density at radius 1 is 1.17 bits per heavy atom. The number of nitrogens with one attached hydrogen (secondary N) is 1. The van der Waals surface area contributed by atoms with Crippen LogP contribution < -0.4 is 10.2 Å². The summed E-state index contributed by atoms with van der Waals surface area (Å²) in [6, 6.07) is 13.4. The number of rotatable bonds is 4. The molecule has 1 saturated heterocycles. The fraction of sp³-hybridized carbons (Fsp3) is 0.318. The molecule has 0 aliphatic carbocycles. The van der Waals surface area contributed by atoms with Crippen molar-refractivity contribution < 1.29 is 14.1 Å². The fourth-order valence-electron chi connectivity index (χ4n) is 4.10. The highest BCUT2D eigenvalue weighted by molar-refractivity contribution is 6.05. The predicted octanol–water partition coefficient (Wildman–Crippen LogP) is 2.89. The van der Waals surface area contributed by atoms with Crippen molar-refractivity contribution in [3.05, 3.63) is 53.6 Å². The minimum Gasteiger partial charge on any atom is -0.354 e. The van der Waals surface area contributed by atoms with E-state index in [4.69, 9.17) is 4.52 Å². The van der Waals surface area contributed by atoms with Crippen molar-refractivity contribution >= 4 is 34.2 Å². The summed E-state index contributed by atoms with van der Waals surface area (Å²) in [7, 11) is 0. The lowest BCUT2D eigenvalue weighted by atomic mass is 9.98. The van der Waals surface area contributed by atoms with Crippen LogP contribution in [0.4, 0.5) is 11.5 Å². The molecule has 1 atom stereocenters. The molecule has 1 unspecified atom stereocenters. The van der Waals surface area contributed by atoms with Gasteiger partial charge >= 0.3 is 0 Å². The number of carbonyl (C=O) groups excluding carboxylic acids is 2. The number of para-hydroxylation sites is 1. The molecular formula is C22H22N4O3. The Labute approximate surface area is 168 Å². The molecule has 1 fully saturated rings. The first-order valence-electron chi connectivity index (χ1n) is 9.90. The van der Waals surface area contributed by atoms with Gasteiger partial charge in [0.05, 0.1) is 17.8 Å². The smallest absolute Gasteiger partial charge is 0.231 e. The third-order valence-corrected chi connectivity index (χ3v) is 5.89. The molecule has 0 radical (unpaired) electrons. The van der Waals surface area contributed by atoms with Gasteiger partial charge in [0, 0.05) is 37.4 Å². The second-order valence-electron chi connectivity index (χ2n) is 7.70. The molecular weight excluding hydrogens is 368 g/mol. The zero-order valence-corrected chi connectivity index (χ0v) is 16.2. The average Bonchev–Trinajstić information content (AvgIpc) is 3.29. The first-order valence-corrected chi connectivity index (χ1v) is 9.90. The summed E-state index contributed by atoms with van der Waals surface area (Å²) >= 11 is 0. The Morgan fingerprint density at radius 3 is 2.79 bits per heavy atom. The molecule has 3 heterocycles. The number of hydrogen-bond donors (Lipinski definition) is 1. The Bertz CT molecular complexity index is 1100. The number of carbonyl (C=O) groups is 2. The van der Waals surface area contributed by atoms with Gasteiger partial charge in [-0.15, -0.1) is 0 Å². The summed E-state index contributed by atoms with van der Waals surface area (Å²) in [5.74, 6) is 0.732. The van der Waals surface area contributed by atoms with Crippen LogP contribution in [0.25, 0.3) is 11.0 Å². The molecule has 1 amide bonds. The van der Waals surface area contributed by atoms with E-state index in [0.29, 0.717) is 12.1 Å². The zero-order valence-electron chi connectivity index (χ0n) is 16.2. The van der Waals surface area contributed by atoms with Gasteiger partial charge in [0.25, 0.3) is 0 Å². The van der Waals surface area contributed by atoms with Crippen molar-refractivity contribution in [1.29, 1.82) is 0 Å². The molecule has 5 rings (SSSR count). The predicted molar refractivity (Wildman–Crippen MR) is 110 cm³/mol. The molecule has 2 aliphatic heterocycles. The highest BCUT2D eigenvalue weighted by Gasteiger charge is 2.28. The Balaban J connectivity index is 1.23. The van der Waals surface area contributed by atoms with E-state index in [-0.39, 0.29) is 17.6 Å².